The molecule has 2 heterocycles. The van der Waals surface area contributed by atoms with Gasteiger partial charge >= 0.3 is 12.2 Å². The molecular weight excluding hydrogens is 453 g/mol. The average Bonchev–Trinajstić information content (AvgIpc) is 2.66. The molecule has 0 unspecified atom stereocenters. The zero-order valence-electron chi connectivity index (χ0n) is 15.6. The standard InChI is InChI=1S/C19H18BrF3N4O2/c1-10-12(4-3-5-14(10)19(21,22)23)11(2)25-17-13-8-16(20)24-9-15(13)26-18(27-17)29-7-6-28/h3-5,8-9,11,28H,6-7H2,1-2H3,(H,25,26,27)/t11-/m1/s1. The van der Waals surface area contributed by atoms with Crippen molar-refractivity contribution < 1.29 is 23.0 Å². The van der Waals surface area contributed by atoms with Gasteiger partial charge in [0.25, 0.3) is 0 Å². The lowest BCUT2D eigenvalue weighted by atomic mass is 9.97. The first-order valence-electron chi connectivity index (χ1n) is 8.71. The van der Waals surface area contributed by atoms with Crippen molar-refractivity contribution >= 4 is 32.7 Å². The predicted octanol–water partition coefficient (Wildman–Crippen LogP) is 4.66. The number of aliphatic hydroxyl groups excluding tert-OH is 1. The largest absolute Gasteiger partial charge is 0.461 e. The summed E-state index contributed by atoms with van der Waals surface area (Å²) in [5.74, 6) is 0.385. The van der Waals surface area contributed by atoms with Crippen LogP contribution in [0.2, 0.25) is 0 Å². The number of aromatic nitrogens is 3. The van der Waals surface area contributed by atoms with Crippen LogP contribution in [0.5, 0.6) is 6.01 Å². The maximum Gasteiger partial charge on any atom is 0.416 e. The van der Waals surface area contributed by atoms with Crippen LogP contribution in [-0.4, -0.2) is 33.3 Å². The Morgan fingerprint density at radius 1 is 1.28 bits per heavy atom. The Balaban J connectivity index is 2.02. The molecule has 1 atom stereocenters. The highest BCUT2D eigenvalue weighted by Crippen LogP contribution is 2.35. The number of fused-ring (bicyclic) bond motifs is 1. The molecule has 154 valence electrons. The Bertz CT molecular complexity index is 1030. The van der Waals surface area contributed by atoms with Gasteiger partial charge in [-0.1, -0.05) is 12.1 Å². The van der Waals surface area contributed by atoms with Gasteiger partial charge in [0.05, 0.1) is 29.9 Å². The molecule has 0 saturated carbocycles. The molecule has 3 rings (SSSR count). The van der Waals surface area contributed by atoms with E-state index in [-0.39, 0.29) is 24.8 Å². The van der Waals surface area contributed by atoms with E-state index in [0.717, 1.165) is 6.07 Å². The lowest BCUT2D eigenvalue weighted by Gasteiger charge is -2.21. The van der Waals surface area contributed by atoms with E-state index >= 15 is 0 Å². The maximum absolute atomic E-state index is 13.3. The third kappa shape index (κ3) is 4.76. The van der Waals surface area contributed by atoms with Crippen molar-refractivity contribution in [2.75, 3.05) is 18.5 Å². The fraction of sp³-hybridized carbons (Fsp3) is 0.316. The van der Waals surface area contributed by atoms with Crippen molar-refractivity contribution in [2.45, 2.75) is 26.1 Å². The van der Waals surface area contributed by atoms with Crippen molar-refractivity contribution in [1.82, 2.24) is 15.0 Å². The summed E-state index contributed by atoms with van der Waals surface area (Å²) in [4.78, 5) is 12.7. The highest BCUT2D eigenvalue weighted by molar-refractivity contribution is 9.10. The zero-order chi connectivity index (χ0) is 21.2. The number of hydrogen-bond donors (Lipinski definition) is 2. The predicted molar refractivity (Wildman–Crippen MR) is 106 cm³/mol. The Labute approximate surface area is 173 Å². The SMILES string of the molecule is Cc1c([C@@H](C)Nc2nc(OCCO)nc3cnc(Br)cc23)cccc1C(F)(F)F. The second kappa shape index (κ2) is 8.50. The smallest absolute Gasteiger partial charge is 0.416 e. The molecule has 3 aromatic rings. The molecule has 0 amide bonds. The van der Waals surface area contributed by atoms with Gasteiger partial charge in [-0.15, -0.1) is 0 Å². The van der Waals surface area contributed by atoms with E-state index in [2.05, 4.69) is 36.2 Å². The summed E-state index contributed by atoms with van der Waals surface area (Å²) in [6.07, 6.45) is -2.90. The molecule has 10 heteroatoms. The second-order valence-corrected chi connectivity index (χ2v) is 7.15. The molecule has 2 N–H and O–H groups in total. The number of rotatable bonds is 6. The zero-order valence-corrected chi connectivity index (χ0v) is 17.2. The molecule has 0 spiro atoms. The maximum atomic E-state index is 13.3. The topological polar surface area (TPSA) is 80.2 Å². The van der Waals surface area contributed by atoms with E-state index in [1.165, 1.54) is 19.2 Å². The monoisotopic (exact) mass is 470 g/mol. The Kier molecular flexibility index (Phi) is 6.23. The fourth-order valence-electron chi connectivity index (χ4n) is 3.01. The van der Waals surface area contributed by atoms with Crippen molar-refractivity contribution in [1.29, 1.82) is 0 Å². The summed E-state index contributed by atoms with van der Waals surface area (Å²) >= 11 is 3.30. The van der Waals surface area contributed by atoms with E-state index < -0.39 is 17.8 Å². The molecule has 0 bridgehead atoms. The third-order valence-electron chi connectivity index (χ3n) is 4.35. The highest BCUT2D eigenvalue weighted by Gasteiger charge is 2.33. The summed E-state index contributed by atoms with van der Waals surface area (Å²) in [7, 11) is 0. The van der Waals surface area contributed by atoms with Gasteiger partial charge in [0.2, 0.25) is 0 Å². The van der Waals surface area contributed by atoms with Gasteiger partial charge in [-0.25, -0.2) is 4.98 Å². The van der Waals surface area contributed by atoms with Crippen LogP contribution in [0.25, 0.3) is 10.9 Å². The number of pyridine rings is 1. The summed E-state index contributed by atoms with van der Waals surface area (Å²) in [6, 6.07) is 5.36. The van der Waals surface area contributed by atoms with Crippen molar-refractivity contribution in [3.63, 3.8) is 0 Å². The summed E-state index contributed by atoms with van der Waals surface area (Å²) < 4.78 is 45.6. The molecule has 1 aromatic carbocycles. The van der Waals surface area contributed by atoms with Gasteiger partial charge in [-0.3, -0.25) is 0 Å². The van der Waals surface area contributed by atoms with Crippen molar-refractivity contribution in [3.05, 3.63) is 51.8 Å². The number of ether oxygens (including phenoxy) is 1. The molecule has 0 saturated heterocycles. The summed E-state index contributed by atoms with van der Waals surface area (Å²) in [5, 5.41) is 12.7. The van der Waals surface area contributed by atoms with Crippen molar-refractivity contribution in [3.8, 4) is 6.01 Å². The molecule has 0 aliphatic heterocycles. The summed E-state index contributed by atoms with van der Waals surface area (Å²) in [6.45, 7) is 3.01. The highest BCUT2D eigenvalue weighted by atomic mass is 79.9. The molecule has 0 radical (unpaired) electrons. The molecule has 2 aromatic heterocycles. The Morgan fingerprint density at radius 2 is 2.03 bits per heavy atom. The van der Waals surface area contributed by atoms with Crippen LogP contribution in [0.4, 0.5) is 19.0 Å². The molecular formula is C19H18BrF3N4O2. The number of alkyl halides is 3. The molecule has 0 aliphatic carbocycles. The third-order valence-corrected chi connectivity index (χ3v) is 4.79. The number of benzene rings is 1. The van der Waals surface area contributed by atoms with E-state index in [1.807, 2.05) is 0 Å². The number of halogens is 4. The first-order chi connectivity index (χ1) is 13.7. The summed E-state index contributed by atoms with van der Waals surface area (Å²) in [5.41, 5.74) is 0.470. The van der Waals surface area contributed by atoms with Crippen molar-refractivity contribution in [2.24, 2.45) is 0 Å². The molecule has 29 heavy (non-hydrogen) atoms. The van der Waals surface area contributed by atoms with Gasteiger partial charge < -0.3 is 15.2 Å². The van der Waals surface area contributed by atoms with Crippen LogP contribution in [0.15, 0.2) is 35.1 Å². The fourth-order valence-corrected chi connectivity index (χ4v) is 3.34. The van der Waals surface area contributed by atoms with Gasteiger partial charge in [-0.05, 0) is 53.0 Å². The number of anilines is 1. The van der Waals surface area contributed by atoms with Gasteiger partial charge in [-0.2, -0.15) is 23.1 Å². The lowest BCUT2D eigenvalue weighted by Crippen LogP contribution is -2.15. The number of hydrogen-bond acceptors (Lipinski definition) is 6. The van der Waals surface area contributed by atoms with Crippen LogP contribution in [-0.2, 0) is 6.18 Å². The van der Waals surface area contributed by atoms with Gasteiger partial charge in [0, 0.05) is 5.39 Å². The minimum atomic E-state index is -4.43. The first kappa shape index (κ1) is 21.3. The number of aliphatic hydroxyl groups is 1. The minimum absolute atomic E-state index is 0.0111. The first-order valence-corrected chi connectivity index (χ1v) is 9.50. The second-order valence-electron chi connectivity index (χ2n) is 6.33. The Morgan fingerprint density at radius 3 is 2.72 bits per heavy atom. The van der Waals surface area contributed by atoms with Crippen LogP contribution in [0.3, 0.4) is 0 Å². The quantitative estimate of drug-likeness (QED) is 0.510. The van der Waals surface area contributed by atoms with E-state index in [0.29, 0.717) is 26.9 Å². The van der Waals surface area contributed by atoms with Crippen LogP contribution < -0.4 is 10.1 Å². The van der Waals surface area contributed by atoms with Gasteiger partial charge in [0.15, 0.2) is 0 Å². The van der Waals surface area contributed by atoms with E-state index in [9.17, 15) is 13.2 Å². The van der Waals surface area contributed by atoms with Crippen LogP contribution >= 0.6 is 15.9 Å². The number of nitrogens with one attached hydrogen (secondary N) is 1. The lowest BCUT2D eigenvalue weighted by molar-refractivity contribution is -0.138. The molecule has 0 aliphatic rings. The minimum Gasteiger partial charge on any atom is -0.461 e. The normalized spacial score (nSPS) is 12.8. The number of nitrogens with zero attached hydrogens (tertiary/aromatic N) is 3. The van der Waals surface area contributed by atoms with E-state index in [4.69, 9.17) is 9.84 Å². The van der Waals surface area contributed by atoms with E-state index in [1.54, 1.807) is 19.1 Å². The average molecular weight is 471 g/mol. The molecule has 6 nitrogen and oxygen atoms in total. The van der Waals surface area contributed by atoms with Crippen LogP contribution in [0, 0.1) is 6.92 Å². The Hall–Kier alpha value is -2.46. The van der Waals surface area contributed by atoms with Crippen LogP contribution in [0.1, 0.15) is 29.7 Å². The molecule has 0 fully saturated rings. The van der Waals surface area contributed by atoms with Gasteiger partial charge in [0.1, 0.15) is 17.0 Å².